The standard InChI is InChI=1S/C17H18N2O4/c1-12-3-8-16(13(2)11-12)23-10-9-17(20)18-14-4-6-15(7-5-14)19(21)22/h3-8,11H,9-10H2,1-2H3,(H,18,20). The van der Waals surface area contributed by atoms with Gasteiger partial charge in [0, 0.05) is 17.8 Å². The third kappa shape index (κ3) is 4.81. The Kier molecular flexibility index (Phi) is 5.30. The zero-order chi connectivity index (χ0) is 16.8. The number of nitrogens with one attached hydrogen (secondary N) is 1. The molecule has 6 heteroatoms. The highest BCUT2D eigenvalue weighted by Gasteiger charge is 2.07. The normalized spacial score (nSPS) is 10.2. The summed E-state index contributed by atoms with van der Waals surface area (Å²) in [6.07, 6.45) is 0.199. The third-order valence-corrected chi connectivity index (χ3v) is 3.28. The van der Waals surface area contributed by atoms with Gasteiger partial charge in [0.15, 0.2) is 0 Å². The Bertz CT molecular complexity index is 711. The maximum absolute atomic E-state index is 11.8. The summed E-state index contributed by atoms with van der Waals surface area (Å²) in [7, 11) is 0. The molecule has 0 saturated carbocycles. The molecule has 2 aromatic rings. The molecule has 0 bridgehead atoms. The van der Waals surface area contributed by atoms with Gasteiger partial charge in [-0.3, -0.25) is 14.9 Å². The molecule has 0 heterocycles. The van der Waals surface area contributed by atoms with E-state index in [-0.39, 0.29) is 24.6 Å². The fraction of sp³-hybridized carbons (Fsp3) is 0.235. The second-order valence-corrected chi connectivity index (χ2v) is 5.22. The first-order chi connectivity index (χ1) is 11.0. The van der Waals surface area contributed by atoms with Gasteiger partial charge in [-0.25, -0.2) is 0 Å². The Labute approximate surface area is 134 Å². The van der Waals surface area contributed by atoms with Crippen molar-refractivity contribution in [2.45, 2.75) is 20.3 Å². The van der Waals surface area contributed by atoms with E-state index in [1.807, 2.05) is 32.0 Å². The summed E-state index contributed by atoms with van der Waals surface area (Å²) in [5, 5.41) is 13.2. The van der Waals surface area contributed by atoms with Crippen molar-refractivity contribution in [3.8, 4) is 5.75 Å². The van der Waals surface area contributed by atoms with Crippen LogP contribution in [0.4, 0.5) is 11.4 Å². The average Bonchev–Trinajstić information content (AvgIpc) is 2.50. The Morgan fingerprint density at radius 3 is 2.48 bits per heavy atom. The molecule has 1 amide bonds. The van der Waals surface area contributed by atoms with Gasteiger partial charge >= 0.3 is 0 Å². The molecule has 6 nitrogen and oxygen atoms in total. The maximum Gasteiger partial charge on any atom is 0.269 e. The number of aryl methyl sites for hydroxylation is 2. The molecular weight excluding hydrogens is 296 g/mol. The van der Waals surface area contributed by atoms with Crippen LogP contribution in [0.2, 0.25) is 0 Å². The van der Waals surface area contributed by atoms with Gasteiger partial charge < -0.3 is 10.1 Å². The minimum absolute atomic E-state index is 0.0128. The molecule has 0 atom stereocenters. The fourth-order valence-corrected chi connectivity index (χ4v) is 2.10. The van der Waals surface area contributed by atoms with E-state index in [2.05, 4.69) is 5.32 Å². The lowest BCUT2D eigenvalue weighted by molar-refractivity contribution is -0.384. The molecular formula is C17H18N2O4. The van der Waals surface area contributed by atoms with Crippen molar-refractivity contribution in [2.24, 2.45) is 0 Å². The van der Waals surface area contributed by atoms with Crippen LogP contribution in [0.5, 0.6) is 5.75 Å². The number of nitro benzene ring substituents is 1. The molecule has 0 saturated heterocycles. The van der Waals surface area contributed by atoms with Crippen LogP contribution in [0.25, 0.3) is 0 Å². The molecule has 0 aliphatic rings. The van der Waals surface area contributed by atoms with E-state index in [0.717, 1.165) is 16.9 Å². The highest BCUT2D eigenvalue weighted by atomic mass is 16.6. The van der Waals surface area contributed by atoms with Crippen LogP contribution in [0.1, 0.15) is 17.5 Å². The van der Waals surface area contributed by atoms with E-state index >= 15 is 0 Å². The monoisotopic (exact) mass is 314 g/mol. The molecule has 0 unspecified atom stereocenters. The lowest BCUT2D eigenvalue weighted by atomic mass is 10.1. The lowest BCUT2D eigenvalue weighted by Crippen LogP contribution is -2.15. The summed E-state index contributed by atoms with van der Waals surface area (Å²) in [5.41, 5.74) is 2.69. The van der Waals surface area contributed by atoms with Crippen LogP contribution >= 0.6 is 0 Å². The van der Waals surface area contributed by atoms with Gasteiger partial charge in [-0.2, -0.15) is 0 Å². The van der Waals surface area contributed by atoms with Crippen LogP contribution in [0, 0.1) is 24.0 Å². The quantitative estimate of drug-likeness (QED) is 0.652. The van der Waals surface area contributed by atoms with Crippen molar-refractivity contribution in [3.63, 3.8) is 0 Å². The summed E-state index contributed by atoms with van der Waals surface area (Å²) >= 11 is 0. The molecule has 2 rings (SSSR count). The van der Waals surface area contributed by atoms with Crippen LogP contribution in [-0.4, -0.2) is 17.4 Å². The Morgan fingerprint density at radius 1 is 1.17 bits per heavy atom. The van der Waals surface area contributed by atoms with Gasteiger partial charge in [-0.05, 0) is 37.6 Å². The average molecular weight is 314 g/mol. The molecule has 120 valence electrons. The summed E-state index contributed by atoms with van der Waals surface area (Å²) in [6, 6.07) is 11.6. The number of amides is 1. The van der Waals surface area contributed by atoms with Gasteiger partial charge in [0.05, 0.1) is 18.0 Å². The predicted octanol–water partition coefficient (Wildman–Crippen LogP) is 3.62. The van der Waals surface area contributed by atoms with Crippen molar-refractivity contribution < 1.29 is 14.5 Å². The first kappa shape index (κ1) is 16.5. The predicted molar refractivity (Wildman–Crippen MR) is 87.8 cm³/mol. The molecule has 23 heavy (non-hydrogen) atoms. The number of carbonyl (C=O) groups excluding carboxylic acids is 1. The molecule has 0 aliphatic heterocycles. The second-order valence-electron chi connectivity index (χ2n) is 5.22. The number of non-ortho nitro benzene ring substituents is 1. The maximum atomic E-state index is 11.8. The highest BCUT2D eigenvalue weighted by molar-refractivity contribution is 5.90. The van der Waals surface area contributed by atoms with E-state index in [9.17, 15) is 14.9 Å². The molecule has 0 aliphatic carbocycles. The van der Waals surface area contributed by atoms with E-state index in [4.69, 9.17) is 4.74 Å². The smallest absolute Gasteiger partial charge is 0.269 e. The number of hydrogen-bond acceptors (Lipinski definition) is 4. The van der Waals surface area contributed by atoms with Gasteiger partial charge in [-0.1, -0.05) is 17.7 Å². The number of nitro groups is 1. The Morgan fingerprint density at radius 2 is 1.87 bits per heavy atom. The summed E-state index contributed by atoms with van der Waals surface area (Å²) in [4.78, 5) is 21.9. The number of hydrogen-bond donors (Lipinski definition) is 1. The van der Waals surface area contributed by atoms with Crippen LogP contribution in [0.3, 0.4) is 0 Å². The number of carbonyl (C=O) groups is 1. The number of rotatable bonds is 6. The highest BCUT2D eigenvalue weighted by Crippen LogP contribution is 2.19. The van der Waals surface area contributed by atoms with Crippen molar-refractivity contribution in [1.29, 1.82) is 0 Å². The Balaban J connectivity index is 1.82. The van der Waals surface area contributed by atoms with E-state index in [1.165, 1.54) is 24.3 Å². The van der Waals surface area contributed by atoms with Gasteiger partial charge in [-0.15, -0.1) is 0 Å². The van der Waals surface area contributed by atoms with Crippen LogP contribution < -0.4 is 10.1 Å². The van der Waals surface area contributed by atoms with Crippen molar-refractivity contribution in [2.75, 3.05) is 11.9 Å². The minimum atomic E-state index is -0.483. The minimum Gasteiger partial charge on any atom is -0.493 e. The summed E-state index contributed by atoms with van der Waals surface area (Å²) in [6.45, 7) is 4.23. The van der Waals surface area contributed by atoms with E-state index in [1.54, 1.807) is 0 Å². The van der Waals surface area contributed by atoms with Gasteiger partial charge in [0.1, 0.15) is 5.75 Å². The number of anilines is 1. The molecule has 0 aromatic heterocycles. The lowest BCUT2D eigenvalue weighted by Gasteiger charge is -2.10. The molecule has 1 N–H and O–H groups in total. The summed E-state index contributed by atoms with van der Waals surface area (Å²) in [5.74, 6) is 0.558. The van der Waals surface area contributed by atoms with Crippen molar-refractivity contribution in [1.82, 2.24) is 0 Å². The summed E-state index contributed by atoms with van der Waals surface area (Å²) < 4.78 is 5.60. The van der Waals surface area contributed by atoms with Gasteiger partial charge in [0.2, 0.25) is 5.91 Å². The second kappa shape index (κ2) is 7.40. The van der Waals surface area contributed by atoms with Gasteiger partial charge in [0.25, 0.3) is 5.69 Å². The number of benzene rings is 2. The number of nitrogens with zero attached hydrogens (tertiary/aromatic N) is 1. The number of ether oxygens (including phenoxy) is 1. The van der Waals surface area contributed by atoms with Crippen LogP contribution in [-0.2, 0) is 4.79 Å². The Hall–Kier alpha value is -2.89. The molecule has 0 spiro atoms. The van der Waals surface area contributed by atoms with E-state index in [0.29, 0.717) is 5.69 Å². The zero-order valence-electron chi connectivity index (χ0n) is 13.0. The van der Waals surface area contributed by atoms with Crippen molar-refractivity contribution in [3.05, 3.63) is 63.7 Å². The molecule has 0 fully saturated rings. The fourth-order valence-electron chi connectivity index (χ4n) is 2.10. The zero-order valence-corrected chi connectivity index (χ0v) is 13.0. The third-order valence-electron chi connectivity index (χ3n) is 3.28. The first-order valence-electron chi connectivity index (χ1n) is 7.20. The first-order valence-corrected chi connectivity index (χ1v) is 7.20. The largest absolute Gasteiger partial charge is 0.493 e. The molecule has 2 aromatic carbocycles. The SMILES string of the molecule is Cc1ccc(OCCC(=O)Nc2ccc([N+](=O)[O-])cc2)c(C)c1. The van der Waals surface area contributed by atoms with Crippen LogP contribution in [0.15, 0.2) is 42.5 Å². The van der Waals surface area contributed by atoms with E-state index < -0.39 is 4.92 Å². The topological polar surface area (TPSA) is 81.5 Å². The van der Waals surface area contributed by atoms with Crippen molar-refractivity contribution >= 4 is 17.3 Å². The molecule has 0 radical (unpaired) electrons.